The number of carboxylic acids is 2. The van der Waals surface area contributed by atoms with Gasteiger partial charge in [0.05, 0.1) is 0 Å². The molecule has 0 amide bonds. The van der Waals surface area contributed by atoms with Crippen molar-refractivity contribution in [2.75, 3.05) is 0 Å². The molecule has 0 bridgehead atoms. The van der Waals surface area contributed by atoms with E-state index in [1.807, 2.05) is 0 Å². The van der Waals surface area contributed by atoms with Crippen molar-refractivity contribution in [2.45, 2.75) is 13.8 Å². The van der Waals surface area contributed by atoms with Gasteiger partial charge in [-0.05, 0) is 13.8 Å². The molecule has 0 radical (unpaired) electrons. The van der Waals surface area contributed by atoms with Crippen molar-refractivity contribution < 1.29 is 57.0 Å². The molecule has 0 aliphatic rings. The molecular formula is C4H8O6Zr. The van der Waals surface area contributed by atoms with Crippen LogP contribution in [0.1, 0.15) is 13.8 Å². The van der Waals surface area contributed by atoms with Crippen molar-refractivity contribution >= 4 is 11.9 Å². The van der Waals surface area contributed by atoms with E-state index in [-0.39, 0.29) is 37.2 Å². The molecule has 0 aromatic rings. The molecule has 0 atom stereocenters. The molecule has 0 saturated carbocycles. The summed E-state index contributed by atoms with van der Waals surface area (Å²) in [5, 5.41) is 17.8. The maximum absolute atomic E-state index is 8.89. The molecular weight excluding hydrogens is 235 g/mol. The molecule has 7 heteroatoms. The van der Waals surface area contributed by atoms with Gasteiger partial charge in [0.2, 0.25) is 0 Å². The Balaban J connectivity index is -0.0000000171. The van der Waals surface area contributed by atoms with Gasteiger partial charge in [-0.15, -0.1) is 0 Å². The minimum atomic E-state index is -1.08. The molecule has 0 saturated heterocycles. The number of carbonyl (C=O) groups is 2. The average Bonchev–Trinajstić information content (AvgIpc) is 1.25. The summed E-state index contributed by atoms with van der Waals surface area (Å²) in [6.07, 6.45) is 0. The molecule has 0 unspecified atom stereocenters. The number of carbonyl (C=O) groups excluding carboxylic acids is 2. The Hall–Kier alpha value is -0.257. The van der Waals surface area contributed by atoms with E-state index in [1.165, 1.54) is 0 Å². The third-order valence-corrected chi connectivity index (χ3v) is 0. The predicted molar refractivity (Wildman–Crippen MR) is 25.2 cm³/mol. The van der Waals surface area contributed by atoms with Gasteiger partial charge in [0.15, 0.2) is 0 Å². The smallest absolute Gasteiger partial charge is 0.870 e. The van der Waals surface area contributed by atoms with Gasteiger partial charge in [-0.1, -0.05) is 0 Å². The number of hydrogen-bond donors (Lipinski definition) is 0. The molecule has 11 heavy (non-hydrogen) atoms. The second kappa shape index (κ2) is 22.6. The fourth-order valence-corrected chi connectivity index (χ4v) is 0. The van der Waals surface area contributed by atoms with E-state index in [0.717, 1.165) is 13.8 Å². The summed E-state index contributed by atoms with van der Waals surface area (Å²) < 4.78 is 0. The minimum absolute atomic E-state index is 0. The molecule has 0 aliphatic heterocycles. The fourth-order valence-electron chi connectivity index (χ4n) is 0. The van der Waals surface area contributed by atoms with E-state index in [0.29, 0.717) is 0 Å². The molecule has 0 aliphatic carbocycles. The summed E-state index contributed by atoms with van der Waals surface area (Å²) in [6, 6.07) is 0. The Morgan fingerprint density at radius 1 is 0.909 bits per heavy atom. The van der Waals surface area contributed by atoms with Gasteiger partial charge in [-0.2, -0.15) is 0 Å². The summed E-state index contributed by atoms with van der Waals surface area (Å²) >= 11 is 0. The fraction of sp³-hybridized carbons (Fsp3) is 0.500. The van der Waals surface area contributed by atoms with Crippen LogP contribution in [-0.4, -0.2) is 22.9 Å². The van der Waals surface area contributed by atoms with Gasteiger partial charge < -0.3 is 30.8 Å². The predicted octanol–water partition coefficient (Wildman–Crippen LogP) is -2.84. The molecule has 2 N–H and O–H groups in total. The summed E-state index contributed by atoms with van der Waals surface area (Å²) in [4.78, 5) is 17.8. The zero-order valence-electron chi connectivity index (χ0n) is 6.03. The minimum Gasteiger partial charge on any atom is -0.870 e. The first-order chi connectivity index (χ1) is 3.46. The van der Waals surface area contributed by atoms with Crippen LogP contribution < -0.4 is 10.2 Å². The number of rotatable bonds is 0. The van der Waals surface area contributed by atoms with Crippen molar-refractivity contribution in [3.05, 3.63) is 0 Å². The molecule has 0 heterocycles. The molecule has 0 aromatic heterocycles. The maximum atomic E-state index is 8.89. The first-order valence-corrected chi connectivity index (χ1v) is 1.82. The van der Waals surface area contributed by atoms with Crippen LogP contribution in [0.3, 0.4) is 0 Å². The Morgan fingerprint density at radius 2 is 0.909 bits per heavy atom. The van der Waals surface area contributed by atoms with Crippen LogP contribution in [0.2, 0.25) is 0 Å². The van der Waals surface area contributed by atoms with E-state index in [4.69, 9.17) is 19.8 Å². The van der Waals surface area contributed by atoms with Crippen molar-refractivity contribution in [2.24, 2.45) is 0 Å². The molecule has 0 fully saturated rings. The summed E-state index contributed by atoms with van der Waals surface area (Å²) in [7, 11) is 0. The number of carboxylic acid groups (broad SMARTS) is 2. The Kier molecular flexibility index (Phi) is 63.5. The van der Waals surface area contributed by atoms with Crippen LogP contribution >= 0.6 is 0 Å². The zero-order chi connectivity index (χ0) is 7.15. The molecule has 64 valence electrons. The van der Waals surface area contributed by atoms with Crippen LogP contribution in [-0.2, 0) is 35.8 Å². The quantitative estimate of drug-likeness (QED) is 0.448. The molecule has 0 aromatic carbocycles. The van der Waals surface area contributed by atoms with Crippen molar-refractivity contribution in [1.29, 1.82) is 0 Å². The van der Waals surface area contributed by atoms with Crippen molar-refractivity contribution in [1.82, 2.24) is 0 Å². The van der Waals surface area contributed by atoms with E-state index >= 15 is 0 Å². The first-order valence-electron chi connectivity index (χ1n) is 1.82. The van der Waals surface area contributed by atoms with Crippen LogP contribution in [0.4, 0.5) is 0 Å². The number of aliphatic carboxylic acids is 2. The third-order valence-electron chi connectivity index (χ3n) is 0. The first kappa shape index (κ1) is 30.9. The van der Waals surface area contributed by atoms with Crippen molar-refractivity contribution in [3.63, 3.8) is 0 Å². The van der Waals surface area contributed by atoms with E-state index in [1.54, 1.807) is 0 Å². The topological polar surface area (TPSA) is 140 Å². The normalized spacial score (nSPS) is 4.55. The summed E-state index contributed by atoms with van der Waals surface area (Å²) in [5.74, 6) is -2.17. The summed E-state index contributed by atoms with van der Waals surface area (Å²) in [6.45, 7) is 1.94. The molecule has 6 nitrogen and oxygen atoms in total. The van der Waals surface area contributed by atoms with Crippen LogP contribution in [0.15, 0.2) is 0 Å². The standard InChI is InChI=1S/2C2H4O2.2H2O.Zr/c2*1-2(3)4;;;/h2*1H3,(H,3,4);2*1H2;/q;;;;+4/p-4. The van der Waals surface area contributed by atoms with E-state index in [9.17, 15) is 0 Å². The van der Waals surface area contributed by atoms with Gasteiger partial charge >= 0.3 is 26.2 Å². The molecule has 0 spiro atoms. The Bertz CT molecular complexity index is 72.6. The SMILES string of the molecule is CC(=O)[O-].CC(=O)[O-].[OH-].[OH-].[Zr+4]. The van der Waals surface area contributed by atoms with Gasteiger partial charge in [-0.25, -0.2) is 0 Å². The second-order valence-corrected chi connectivity index (χ2v) is 0.983. The summed E-state index contributed by atoms with van der Waals surface area (Å²) in [5.41, 5.74) is 0. The largest absolute Gasteiger partial charge is 4.00 e. The van der Waals surface area contributed by atoms with Crippen LogP contribution in [0.5, 0.6) is 0 Å². The van der Waals surface area contributed by atoms with Gasteiger partial charge in [-0.3, -0.25) is 0 Å². The maximum Gasteiger partial charge on any atom is 4.00 e. The second-order valence-electron chi connectivity index (χ2n) is 0.983. The van der Waals surface area contributed by atoms with Crippen LogP contribution in [0, 0.1) is 0 Å². The Labute approximate surface area is 83.0 Å². The average molecular weight is 243 g/mol. The van der Waals surface area contributed by atoms with Crippen LogP contribution in [0.25, 0.3) is 0 Å². The molecule has 0 rings (SSSR count). The van der Waals surface area contributed by atoms with E-state index in [2.05, 4.69) is 0 Å². The van der Waals surface area contributed by atoms with Gasteiger partial charge in [0.1, 0.15) is 0 Å². The van der Waals surface area contributed by atoms with Gasteiger partial charge in [0, 0.05) is 11.9 Å². The van der Waals surface area contributed by atoms with E-state index < -0.39 is 11.9 Å². The Morgan fingerprint density at radius 3 is 0.909 bits per heavy atom. The monoisotopic (exact) mass is 242 g/mol. The van der Waals surface area contributed by atoms with Gasteiger partial charge in [0.25, 0.3) is 0 Å². The zero-order valence-corrected chi connectivity index (χ0v) is 8.49. The van der Waals surface area contributed by atoms with Crippen molar-refractivity contribution in [3.8, 4) is 0 Å². The number of hydrogen-bond acceptors (Lipinski definition) is 6. The third kappa shape index (κ3) is 8850.